The number of sulfonamides is 1. The van der Waals surface area contributed by atoms with Crippen molar-refractivity contribution in [3.8, 4) is 0 Å². The van der Waals surface area contributed by atoms with Crippen LogP contribution in [0.15, 0.2) is 57.8 Å². The van der Waals surface area contributed by atoms with Crippen LogP contribution >= 0.6 is 0 Å². The van der Waals surface area contributed by atoms with Gasteiger partial charge in [0.2, 0.25) is 0 Å². The third-order valence-electron chi connectivity index (χ3n) is 5.47. The van der Waals surface area contributed by atoms with Gasteiger partial charge in [0.25, 0.3) is 10.0 Å². The number of rotatable bonds is 4. The van der Waals surface area contributed by atoms with Gasteiger partial charge in [0, 0.05) is 18.7 Å². The highest BCUT2D eigenvalue weighted by molar-refractivity contribution is 7.90. The van der Waals surface area contributed by atoms with Gasteiger partial charge in [-0.1, -0.05) is 24.3 Å². The average molecular weight is 442 g/mol. The standard InChI is InChI=1S/C22H22N2O6S/c1-29-21(25)17-6-4-5-15(13-17)14-30-22(26)16-9-11-24(12-10-16)20-18-7-2-3-8-19(18)31(27,28)23-20/h2-8,13,16H,9-12,14H2,1H3. The number of benzene rings is 2. The summed E-state index contributed by atoms with van der Waals surface area (Å²) in [5, 5.41) is 0. The maximum atomic E-state index is 12.5. The first-order valence-corrected chi connectivity index (χ1v) is 11.4. The normalized spacial score (nSPS) is 17.6. The van der Waals surface area contributed by atoms with Gasteiger partial charge in [0.05, 0.1) is 18.6 Å². The summed E-state index contributed by atoms with van der Waals surface area (Å²) in [6.07, 6.45) is 1.09. The van der Waals surface area contributed by atoms with E-state index in [1.807, 2.05) is 4.90 Å². The van der Waals surface area contributed by atoms with E-state index < -0.39 is 16.0 Å². The number of piperidine rings is 1. The molecule has 2 aliphatic heterocycles. The highest BCUT2D eigenvalue weighted by Gasteiger charge is 2.34. The van der Waals surface area contributed by atoms with E-state index in [0.717, 1.165) is 0 Å². The number of ether oxygens (including phenoxy) is 2. The molecule has 8 nitrogen and oxygen atoms in total. The molecule has 1 fully saturated rings. The number of likely N-dealkylation sites (tertiary alicyclic amines) is 1. The second kappa shape index (κ2) is 8.50. The number of methoxy groups -OCH3 is 1. The lowest BCUT2D eigenvalue weighted by Crippen LogP contribution is -2.40. The van der Waals surface area contributed by atoms with Crippen molar-refractivity contribution >= 4 is 27.8 Å². The number of nitrogens with zero attached hydrogens (tertiary/aromatic N) is 2. The van der Waals surface area contributed by atoms with Gasteiger partial charge in [0.1, 0.15) is 11.5 Å². The predicted molar refractivity (Wildman–Crippen MR) is 112 cm³/mol. The zero-order chi connectivity index (χ0) is 22.0. The molecule has 2 heterocycles. The summed E-state index contributed by atoms with van der Waals surface area (Å²) in [5.41, 5.74) is 1.71. The van der Waals surface area contributed by atoms with Crippen LogP contribution in [0.1, 0.15) is 34.3 Å². The van der Waals surface area contributed by atoms with Crippen LogP contribution < -0.4 is 0 Å². The number of amidine groups is 1. The molecule has 0 N–H and O–H groups in total. The van der Waals surface area contributed by atoms with E-state index in [9.17, 15) is 18.0 Å². The Morgan fingerprint density at radius 1 is 1.10 bits per heavy atom. The van der Waals surface area contributed by atoms with Gasteiger partial charge in [-0.3, -0.25) is 4.79 Å². The van der Waals surface area contributed by atoms with E-state index >= 15 is 0 Å². The van der Waals surface area contributed by atoms with Gasteiger partial charge >= 0.3 is 11.9 Å². The molecule has 0 aromatic heterocycles. The lowest BCUT2D eigenvalue weighted by Gasteiger charge is -2.32. The summed E-state index contributed by atoms with van der Waals surface area (Å²) in [5.74, 6) is -0.570. The van der Waals surface area contributed by atoms with E-state index in [0.29, 0.717) is 48.5 Å². The van der Waals surface area contributed by atoms with Crippen LogP contribution in [-0.4, -0.2) is 51.3 Å². The number of esters is 2. The SMILES string of the molecule is COC(=O)c1cccc(COC(=O)C2CCN(C3=NS(=O)(=O)c4ccccc43)CC2)c1. The first kappa shape index (κ1) is 21.0. The molecule has 0 bridgehead atoms. The minimum atomic E-state index is -3.66. The largest absolute Gasteiger partial charge is 0.465 e. The minimum Gasteiger partial charge on any atom is -0.465 e. The Morgan fingerprint density at radius 3 is 2.58 bits per heavy atom. The van der Waals surface area contributed by atoms with Gasteiger partial charge in [-0.25, -0.2) is 4.79 Å². The van der Waals surface area contributed by atoms with E-state index in [2.05, 4.69) is 4.40 Å². The van der Waals surface area contributed by atoms with Crippen molar-refractivity contribution in [1.82, 2.24) is 4.90 Å². The Hall–Kier alpha value is -3.20. The van der Waals surface area contributed by atoms with Crippen molar-refractivity contribution in [2.45, 2.75) is 24.3 Å². The molecule has 0 aliphatic carbocycles. The zero-order valence-corrected chi connectivity index (χ0v) is 17.8. The van der Waals surface area contributed by atoms with E-state index in [1.54, 1.807) is 48.5 Å². The molecule has 162 valence electrons. The number of fused-ring (bicyclic) bond motifs is 1. The molecule has 4 rings (SSSR count). The van der Waals surface area contributed by atoms with Gasteiger partial charge in [-0.05, 0) is 42.7 Å². The molecule has 0 saturated carbocycles. The van der Waals surface area contributed by atoms with Gasteiger partial charge in [-0.2, -0.15) is 8.42 Å². The summed E-state index contributed by atoms with van der Waals surface area (Å²) >= 11 is 0. The lowest BCUT2D eigenvalue weighted by molar-refractivity contribution is -0.151. The van der Waals surface area contributed by atoms with Crippen LogP contribution in [0, 0.1) is 5.92 Å². The van der Waals surface area contributed by atoms with Crippen LogP contribution in [0.4, 0.5) is 0 Å². The van der Waals surface area contributed by atoms with E-state index in [-0.39, 0.29) is 23.4 Å². The van der Waals surface area contributed by atoms with Gasteiger partial charge in [-0.15, -0.1) is 4.40 Å². The summed E-state index contributed by atoms with van der Waals surface area (Å²) in [6, 6.07) is 13.5. The van der Waals surface area contributed by atoms with E-state index in [4.69, 9.17) is 9.47 Å². The molecule has 0 radical (unpaired) electrons. The molecule has 0 amide bonds. The van der Waals surface area contributed by atoms with Crippen molar-refractivity contribution in [3.05, 3.63) is 65.2 Å². The Balaban J connectivity index is 1.34. The second-order valence-corrected chi connectivity index (χ2v) is 9.02. The summed E-state index contributed by atoms with van der Waals surface area (Å²) in [6.45, 7) is 1.10. The van der Waals surface area contributed by atoms with E-state index in [1.165, 1.54) is 7.11 Å². The third-order valence-corrected chi connectivity index (χ3v) is 6.79. The molecule has 0 atom stereocenters. The molecule has 2 aromatic rings. The molecular formula is C22H22N2O6S. The fourth-order valence-electron chi connectivity index (χ4n) is 3.82. The Labute approximate surface area is 180 Å². The van der Waals surface area contributed by atoms with Crippen LogP contribution in [0.5, 0.6) is 0 Å². The Bertz CT molecular complexity index is 1150. The molecule has 0 spiro atoms. The van der Waals surface area contributed by atoms with Gasteiger partial charge < -0.3 is 14.4 Å². The molecule has 2 aliphatic rings. The summed E-state index contributed by atoms with van der Waals surface area (Å²) in [7, 11) is -2.35. The highest BCUT2D eigenvalue weighted by atomic mass is 32.2. The second-order valence-electron chi connectivity index (χ2n) is 7.45. The van der Waals surface area contributed by atoms with Crippen molar-refractivity contribution < 1.29 is 27.5 Å². The van der Waals surface area contributed by atoms with Crippen LogP contribution in [0.25, 0.3) is 0 Å². The Morgan fingerprint density at radius 2 is 1.84 bits per heavy atom. The number of carbonyl (C=O) groups is 2. The first-order chi connectivity index (χ1) is 14.9. The monoisotopic (exact) mass is 442 g/mol. The quantitative estimate of drug-likeness (QED) is 0.670. The molecule has 1 saturated heterocycles. The molecule has 9 heteroatoms. The maximum absolute atomic E-state index is 12.5. The first-order valence-electron chi connectivity index (χ1n) is 9.92. The highest BCUT2D eigenvalue weighted by Crippen LogP contribution is 2.30. The smallest absolute Gasteiger partial charge is 0.337 e. The maximum Gasteiger partial charge on any atom is 0.337 e. The van der Waals surface area contributed by atoms with Crippen molar-refractivity contribution in [3.63, 3.8) is 0 Å². The molecule has 31 heavy (non-hydrogen) atoms. The van der Waals surface area contributed by atoms with Gasteiger partial charge in [0.15, 0.2) is 5.84 Å². The summed E-state index contributed by atoms with van der Waals surface area (Å²) < 4.78 is 38.6. The number of hydrogen-bond acceptors (Lipinski definition) is 7. The average Bonchev–Trinajstić information content (AvgIpc) is 3.08. The number of carbonyl (C=O) groups excluding carboxylic acids is 2. The van der Waals surface area contributed by atoms with Crippen molar-refractivity contribution in [2.75, 3.05) is 20.2 Å². The minimum absolute atomic E-state index is 0.0716. The molecular weight excluding hydrogens is 420 g/mol. The lowest BCUT2D eigenvalue weighted by atomic mass is 9.96. The molecule has 0 unspecified atom stereocenters. The van der Waals surface area contributed by atoms with Crippen molar-refractivity contribution in [1.29, 1.82) is 0 Å². The third kappa shape index (κ3) is 4.32. The Kier molecular flexibility index (Phi) is 5.77. The van der Waals surface area contributed by atoms with Crippen LogP contribution in [0.3, 0.4) is 0 Å². The topological polar surface area (TPSA) is 102 Å². The fourth-order valence-corrected chi connectivity index (χ4v) is 5.05. The fraction of sp³-hybridized carbons (Fsp3) is 0.318. The van der Waals surface area contributed by atoms with Crippen molar-refractivity contribution in [2.24, 2.45) is 10.3 Å². The van der Waals surface area contributed by atoms with Crippen LogP contribution in [0.2, 0.25) is 0 Å². The molecule has 2 aromatic carbocycles. The van der Waals surface area contributed by atoms with Crippen LogP contribution in [-0.2, 0) is 30.9 Å². The summed E-state index contributed by atoms with van der Waals surface area (Å²) in [4.78, 5) is 26.3. The number of hydrogen-bond donors (Lipinski definition) is 0. The zero-order valence-electron chi connectivity index (χ0n) is 17.0. The predicted octanol–water partition coefficient (Wildman–Crippen LogP) is 2.38.